The molecule has 0 radical (unpaired) electrons. The lowest BCUT2D eigenvalue weighted by molar-refractivity contribution is -0.0907. The number of likely N-dealkylation sites (tertiary alicyclic amines) is 1. The number of benzene rings is 2. The molecule has 8 heteroatoms. The van der Waals surface area contributed by atoms with Crippen molar-refractivity contribution in [3.05, 3.63) is 66.0 Å². The molecule has 1 aromatic heterocycles. The third kappa shape index (κ3) is 4.95. The molecule has 3 aromatic rings. The van der Waals surface area contributed by atoms with Crippen LogP contribution >= 0.6 is 0 Å². The number of piperidine rings is 2. The van der Waals surface area contributed by atoms with Gasteiger partial charge in [-0.05, 0) is 87.9 Å². The highest BCUT2D eigenvalue weighted by Gasteiger charge is 2.46. The number of carbonyl (C=O) groups excluding carboxylic acids is 1. The maximum Gasteiger partial charge on any atom is 0.410 e. The lowest BCUT2D eigenvalue weighted by atomic mass is 9.70. The SMILES string of the molecule is Cc1nc2ccccc2n1[C@H]1C[C@H]2CC[C@@H](C1)N2CCC1(c2ccccc2)CCN(C(=O)O[C@H]2CO[C@H]3OCC[C@H]32)CC1. The van der Waals surface area contributed by atoms with Gasteiger partial charge in [0.1, 0.15) is 11.9 Å². The van der Waals surface area contributed by atoms with Crippen molar-refractivity contribution in [2.75, 3.05) is 32.8 Å². The highest BCUT2D eigenvalue weighted by Crippen LogP contribution is 2.45. The van der Waals surface area contributed by atoms with Crippen molar-refractivity contribution < 1.29 is 19.0 Å². The van der Waals surface area contributed by atoms with Crippen molar-refractivity contribution >= 4 is 17.1 Å². The number of para-hydroxylation sites is 2. The quantitative estimate of drug-likeness (QED) is 0.363. The number of aromatic nitrogens is 2. The van der Waals surface area contributed by atoms with Crippen molar-refractivity contribution in [3.8, 4) is 0 Å². The number of aryl methyl sites for hydroxylation is 1. The molecule has 0 spiro atoms. The number of nitrogens with zero attached hydrogens (tertiary/aromatic N) is 4. The molecule has 2 aromatic carbocycles. The minimum atomic E-state index is -0.200. The highest BCUT2D eigenvalue weighted by molar-refractivity contribution is 5.76. The number of hydrogen-bond acceptors (Lipinski definition) is 6. The summed E-state index contributed by atoms with van der Waals surface area (Å²) >= 11 is 0. The Kier molecular flexibility index (Phi) is 7.19. The van der Waals surface area contributed by atoms with Gasteiger partial charge in [0, 0.05) is 31.2 Å². The van der Waals surface area contributed by atoms with Gasteiger partial charge in [0.05, 0.1) is 30.2 Å². The third-order valence-electron chi connectivity index (χ3n) is 11.4. The second kappa shape index (κ2) is 11.2. The zero-order valence-corrected chi connectivity index (χ0v) is 25.3. The molecule has 43 heavy (non-hydrogen) atoms. The van der Waals surface area contributed by atoms with Gasteiger partial charge in [0.25, 0.3) is 0 Å². The Labute approximate surface area is 254 Å². The molecule has 5 aliphatic rings. The first-order valence-electron chi connectivity index (χ1n) is 16.5. The van der Waals surface area contributed by atoms with Crippen molar-refractivity contribution in [1.29, 1.82) is 0 Å². The molecule has 5 saturated heterocycles. The largest absolute Gasteiger partial charge is 0.443 e. The minimum Gasteiger partial charge on any atom is -0.443 e. The van der Waals surface area contributed by atoms with Crippen LogP contribution in [0.1, 0.15) is 68.8 Å². The van der Waals surface area contributed by atoms with E-state index in [0.29, 0.717) is 31.3 Å². The van der Waals surface area contributed by atoms with Crippen LogP contribution in [0, 0.1) is 12.8 Å². The Hall–Kier alpha value is -2.94. The Morgan fingerprint density at radius 3 is 2.49 bits per heavy atom. The van der Waals surface area contributed by atoms with Crippen molar-refractivity contribution in [1.82, 2.24) is 19.4 Å². The first kappa shape index (κ1) is 27.6. The van der Waals surface area contributed by atoms with E-state index in [2.05, 4.69) is 71.0 Å². The fourth-order valence-electron chi connectivity index (χ4n) is 9.13. The van der Waals surface area contributed by atoms with E-state index in [1.54, 1.807) is 0 Å². The van der Waals surface area contributed by atoms with Crippen LogP contribution in [-0.4, -0.2) is 82.8 Å². The minimum absolute atomic E-state index is 0.0757. The lowest BCUT2D eigenvalue weighted by Gasteiger charge is -2.45. The van der Waals surface area contributed by atoms with Gasteiger partial charge in [-0.15, -0.1) is 0 Å². The zero-order chi connectivity index (χ0) is 29.0. The van der Waals surface area contributed by atoms with Gasteiger partial charge in [-0.1, -0.05) is 42.5 Å². The maximum absolute atomic E-state index is 13.2. The zero-order valence-electron chi connectivity index (χ0n) is 25.3. The van der Waals surface area contributed by atoms with Crippen molar-refractivity contribution in [2.24, 2.45) is 5.92 Å². The van der Waals surface area contributed by atoms with Crippen LogP contribution in [0.3, 0.4) is 0 Å². The second-order valence-electron chi connectivity index (χ2n) is 13.6. The number of rotatable bonds is 6. The number of amides is 1. The molecule has 0 aliphatic carbocycles. The van der Waals surface area contributed by atoms with E-state index < -0.39 is 0 Å². The van der Waals surface area contributed by atoms with Crippen molar-refractivity contribution in [2.45, 2.75) is 94.2 Å². The van der Waals surface area contributed by atoms with Crippen LogP contribution in [0.2, 0.25) is 0 Å². The number of fused-ring (bicyclic) bond motifs is 4. The van der Waals surface area contributed by atoms with Crippen LogP contribution in [0.15, 0.2) is 54.6 Å². The average Bonchev–Trinajstić information content (AvgIpc) is 3.79. The molecule has 1 amide bonds. The molecule has 0 saturated carbocycles. The van der Waals surface area contributed by atoms with Gasteiger partial charge in [0.2, 0.25) is 0 Å². The normalized spacial score (nSPS) is 31.9. The molecular weight excluding hydrogens is 540 g/mol. The first-order valence-corrected chi connectivity index (χ1v) is 16.5. The summed E-state index contributed by atoms with van der Waals surface area (Å²) in [6, 6.07) is 21.4. The Morgan fingerprint density at radius 1 is 0.953 bits per heavy atom. The van der Waals surface area contributed by atoms with Gasteiger partial charge in [0.15, 0.2) is 6.29 Å². The molecule has 8 nitrogen and oxygen atoms in total. The summed E-state index contributed by atoms with van der Waals surface area (Å²) in [4.78, 5) is 22.9. The Morgan fingerprint density at radius 2 is 1.70 bits per heavy atom. The van der Waals surface area contributed by atoms with E-state index in [1.807, 2.05) is 4.90 Å². The highest BCUT2D eigenvalue weighted by atomic mass is 16.7. The fraction of sp³-hybridized carbons (Fsp3) is 0.600. The van der Waals surface area contributed by atoms with Crippen LogP contribution in [0.5, 0.6) is 0 Å². The van der Waals surface area contributed by atoms with E-state index in [0.717, 1.165) is 56.7 Å². The molecule has 6 heterocycles. The molecule has 0 unspecified atom stereocenters. The van der Waals surface area contributed by atoms with Crippen LogP contribution in [0.25, 0.3) is 11.0 Å². The summed E-state index contributed by atoms with van der Waals surface area (Å²) in [5.41, 5.74) is 3.89. The smallest absolute Gasteiger partial charge is 0.410 e. The molecule has 0 N–H and O–H groups in total. The van der Waals surface area contributed by atoms with E-state index >= 15 is 0 Å². The van der Waals surface area contributed by atoms with Gasteiger partial charge >= 0.3 is 6.09 Å². The van der Waals surface area contributed by atoms with Crippen molar-refractivity contribution in [3.63, 3.8) is 0 Å². The predicted molar refractivity (Wildman–Crippen MR) is 164 cm³/mol. The van der Waals surface area contributed by atoms with E-state index in [9.17, 15) is 4.79 Å². The molecule has 228 valence electrons. The maximum atomic E-state index is 13.2. The number of imidazole rings is 1. The first-order chi connectivity index (χ1) is 21.1. The average molecular weight is 585 g/mol. The van der Waals surface area contributed by atoms with Gasteiger partial charge in [-0.3, -0.25) is 4.90 Å². The third-order valence-corrected chi connectivity index (χ3v) is 11.4. The van der Waals surface area contributed by atoms with E-state index in [4.69, 9.17) is 19.2 Å². The molecule has 6 atom stereocenters. The Bertz CT molecular complexity index is 1440. The van der Waals surface area contributed by atoms with E-state index in [-0.39, 0.29) is 29.8 Å². The monoisotopic (exact) mass is 584 g/mol. The van der Waals surface area contributed by atoms with Gasteiger partial charge < -0.3 is 23.7 Å². The van der Waals surface area contributed by atoms with Gasteiger partial charge in [-0.25, -0.2) is 9.78 Å². The lowest BCUT2D eigenvalue weighted by Crippen LogP contribution is -2.49. The summed E-state index contributed by atoms with van der Waals surface area (Å²) in [6.07, 6.45) is 8.37. The van der Waals surface area contributed by atoms with Gasteiger partial charge in [-0.2, -0.15) is 0 Å². The summed E-state index contributed by atoms with van der Waals surface area (Å²) in [6.45, 7) is 5.88. The molecule has 2 bridgehead atoms. The standard InChI is InChI=1S/C35H44N4O4/c1-24-36-30-9-5-6-10-31(30)39(24)28-21-26-11-12-27(22-28)38(26)19-16-35(25-7-3-2-4-8-25)14-17-37(18-15-35)34(40)43-32-23-42-33-29(32)13-20-41-33/h2-10,26-29,32-33H,11-23H2,1H3/t26-,27+,28+,29-,32-,33+/m0/s1. The molecule has 8 rings (SSSR count). The molecule has 5 aliphatic heterocycles. The second-order valence-corrected chi connectivity index (χ2v) is 13.6. The summed E-state index contributed by atoms with van der Waals surface area (Å²) in [5, 5.41) is 0. The summed E-state index contributed by atoms with van der Waals surface area (Å²) < 4.78 is 19.8. The fourth-order valence-corrected chi connectivity index (χ4v) is 9.13. The van der Waals surface area contributed by atoms with Crippen LogP contribution in [0.4, 0.5) is 4.79 Å². The molecular formula is C35H44N4O4. The molecule has 5 fully saturated rings. The number of carbonyl (C=O) groups is 1. The number of ether oxygens (including phenoxy) is 3. The van der Waals surface area contributed by atoms with E-state index in [1.165, 1.54) is 36.8 Å². The predicted octanol–water partition coefficient (Wildman–Crippen LogP) is 5.83. The Balaban J connectivity index is 0.938. The summed E-state index contributed by atoms with van der Waals surface area (Å²) in [7, 11) is 0. The number of hydrogen-bond donors (Lipinski definition) is 0. The van der Waals surface area contributed by atoms with Crippen LogP contribution < -0.4 is 0 Å². The summed E-state index contributed by atoms with van der Waals surface area (Å²) in [5.74, 6) is 1.32. The topological polar surface area (TPSA) is 69.1 Å². The van der Waals surface area contributed by atoms with Crippen LogP contribution in [-0.2, 0) is 19.6 Å².